The van der Waals surface area contributed by atoms with E-state index in [1.54, 1.807) is 12.4 Å². The summed E-state index contributed by atoms with van der Waals surface area (Å²) in [4.78, 5) is 30.3. The van der Waals surface area contributed by atoms with E-state index < -0.39 is 0 Å². The maximum atomic E-state index is 12.5. The zero-order valence-corrected chi connectivity index (χ0v) is 16.8. The Labute approximate surface area is 172 Å². The van der Waals surface area contributed by atoms with Crippen LogP contribution in [0.25, 0.3) is 0 Å². The molecule has 29 heavy (non-hydrogen) atoms. The number of aryl methyl sites for hydroxylation is 1. The van der Waals surface area contributed by atoms with Crippen molar-refractivity contribution in [1.29, 1.82) is 0 Å². The van der Waals surface area contributed by atoms with E-state index in [0.717, 1.165) is 51.6 Å². The van der Waals surface area contributed by atoms with Gasteiger partial charge in [0.05, 0.1) is 5.56 Å². The van der Waals surface area contributed by atoms with Gasteiger partial charge in [-0.25, -0.2) is 0 Å². The lowest BCUT2D eigenvalue weighted by Gasteiger charge is -2.32. The van der Waals surface area contributed by atoms with E-state index in [1.807, 2.05) is 17.0 Å². The topological polar surface area (TPSA) is 62.3 Å². The molecule has 2 aromatic rings. The summed E-state index contributed by atoms with van der Waals surface area (Å²) in [5.74, 6) is 0.874. The molecule has 1 aromatic carbocycles. The van der Waals surface area contributed by atoms with Crippen LogP contribution in [0, 0.1) is 5.92 Å². The molecule has 2 aliphatic rings. The summed E-state index contributed by atoms with van der Waals surface area (Å²) in [6.07, 6.45) is 10.1. The molecule has 5 heteroatoms. The van der Waals surface area contributed by atoms with E-state index >= 15 is 0 Å². The van der Waals surface area contributed by atoms with Crippen molar-refractivity contribution in [2.45, 2.75) is 51.0 Å². The summed E-state index contributed by atoms with van der Waals surface area (Å²) >= 11 is 0. The molecule has 1 N–H and O–H groups in total. The summed E-state index contributed by atoms with van der Waals surface area (Å²) in [7, 11) is 0. The number of aromatic nitrogens is 1. The number of hydrogen-bond acceptors (Lipinski definition) is 3. The average molecular weight is 392 g/mol. The molecule has 5 nitrogen and oxygen atoms in total. The normalized spacial score (nSPS) is 17.2. The molecule has 4 rings (SSSR count). The highest BCUT2D eigenvalue weighted by Crippen LogP contribution is 2.23. The number of nitrogens with zero attached hydrogens (tertiary/aromatic N) is 2. The first kappa shape index (κ1) is 19.6. The van der Waals surface area contributed by atoms with E-state index in [4.69, 9.17) is 0 Å². The second-order valence-electron chi connectivity index (χ2n) is 8.34. The van der Waals surface area contributed by atoms with Gasteiger partial charge in [-0.05, 0) is 67.7 Å². The van der Waals surface area contributed by atoms with Crippen molar-refractivity contribution in [1.82, 2.24) is 15.2 Å². The molecule has 152 valence electrons. The highest BCUT2D eigenvalue weighted by Gasteiger charge is 2.24. The van der Waals surface area contributed by atoms with Crippen LogP contribution in [-0.2, 0) is 17.6 Å². The van der Waals surface area contributed by atoms with Gasteiger partial charge in [0.15, 0.2) is 0 Å². The van der Waals surface area contributed by atoms with E-state index in [0.29, 0.717) is 23.9 Å². The molecule has 1 aliphatic carbocycles. The third kappa shape index (κ3) is 5.66. The van der Waals surface area contributed by atoms with Gasteiger partial charge in [-0.3, -0.25) is 14.6 Å². The lowest BCUT2D eigenvalue weighted by atomic mass is 9.89. The second-order valence-corrected chi connectivity index (χ2v) is 8.34. The van der Waals surface area contributed by atoms with E-state index in [-0.39, 0.29) is 11.8 Å². The van der Waals surface area contributed by atoms with Gasteiger partial charge in [-0.1, -0.05) is 24.3 Å². The fourth-order valence-corrected chi connectivity index (χ4v) is 3.97. The van der Waals surface area contributed by atoms with Crippen molar-refractivity contribution in [2.75, 3.05) is 13.1 Å². The Kier molecular flexibility index (Phi) is 6.23. The monoisotopic (exact) mass is 391 g/mol. The lowest BCUT2D eigenvalue weighted by molar-refractivity contribution is -0.121. The molecule has 1 aliphatic heterocycles. The van der Waals surface area contributed by atoms with Crippen molar-refractivity contribution >= 4 is 11.8 Å². The maximum absolute atomic E-state index is 12.5. The van der Waals surface area contributed by atoms with Gasteiger partial charge in [0.1, 0.15) is 0 Å². The fourth-order valence-electron chi connectivity index (χ4n) is 3.97. The summed E-state index contributed by atoms with van der Waals surface area (Å²) in [6.45, 7) is 1.62. The first-order chi connectivity index (χ1) is 14.2. The van der Waals surface area contributed by atoms with Gasteiger partial charge in [0.25, 0.3) is 5.91 Å². The van der Waals surface area contributed by atoms with Gasteiger partial charge in [0.2, 0.25) is 5.91 Å². The number of carbonyl (C=O) groups is 2. The minimum absolute atomic E-state index is 0.0895. The van der Waals surface area contributed by atoms with Gasteiger partial charge < -0.3 is 10.2 Å². The number of hydrogen-bond donors (Lipinski definition) is 1. The van der Waals surface area contributed by atoms with Crippen LogP contribution in [-0.4, -0.2) is 40.8 Å². The van der Waals surface area contributed by atoms with Crippen LogP contribution in [0.3, 0.4) is 0 Å². The predicted molar refractivity (Wildman–Crippen MR) is 112 cm³/mol. The van der Waals surface area contributed by atoms with Crippen molar-refractivity contribution in [3.63, 3.8) is 0 Å². The van der Waals surface area contributed by atoms with E-state index in [9.17, 15) is 9.59 Å². The zero-order valence-electron chi connectivity index (χ0n) is 16.8. The Hall–Kier alpha value is -2.69. The lowest BCUT2D eigenvalue weighted by Crippen LogP contribution is -2.38. The first-order valence-corrected chi connectivity index (χ1v) is 10.7. The summed E-state index contributed by atoms with van der Waals surface area (Å²) in [5, 5.41) is 3.04. The van der Waals surface area contributed by atoms with Crippen LogP contribution in [0.2, 0.25) is 0 Å². The Morgan fingerprint density at radius 3 is 2.38 bits per heavy atom. The molecule has 0 bridgehead atoms. The Morgan fingerprint density at radius 2 is 1.72 bits per heavy atom. The van der Waals surface area contributed by atoms with Gasteiger partial charge in [-0.2, -0.15) is 0 Å². The van der Waals surface area contributed by atoms with Gasteiger partial charge >= 0.3 is 0 Å². The third-order valence-corrected chi connectivity index (χ3v) is 5.94. The molecule has 0 radical (unpaired) electrons. The number of amides is 2. The number of piperidine rings is 1. The first-order valence-electron chi connectivity index (χ1n) is 10.7. The van der Waals surface area contributed by atoms with Gasteiger partial charge in [0, 0.05) is 37.9 Å². The fraction of sp³-hybridized carbons (Fsp3) is 0.458. The Balaban J connectivity index is 1.21. The summed E-state index contributed by atoms with van der Waals surface area (Å²) in [5.41, 5.74) is 3.23. The van der Waals surface area contributed by atoms with Crippen LogP contribution >= 0.6 is 0 Å². The molecule has 1 aromatic heterocycles. The van der Waals surface area contributed by atoms with Crippen LogP contribution in [0.5, 0.6) is 0 Å². The molecule has 2 heterocycles. The molecule has 0 atom stereocenters. The van der Waals surface area contributed by atoms with E-state index in [1.165, 1.54) is 11.1 Å². The molecular formula is C24H29N3O2. The highest BCUT2D eigenvalue weighted by molar-refractivity contribution is 5.93. The smallest absolute Gasteiger partial charge is 0.255 e. The number of carbonyl (C=O) groups excluding carboxylic acids is 2. The standard InChI is InChI=1S/C24H29N3O2/c28-23(26-22-8-9-22)10-7-18-3-5-19(6-4-18)16-20-11-14-27(15-12-20)24(29)21-2-1-13-25-17-21/h1-6,13,17,20,22H,7-12,14-16H2,(H,26,28). The minimum atomic E-state index is 0.0895. The van der Waals surface area contributed by atoms with Gasteiger partial charge in [-0.15, -0.1) is 0 Å². The van der Waals surface area contributed by atoms with Crippen molar-refractivity contribution in [3.8, 4) is 0 Å². The van der Waals surface area contributed by atoms with E-state index in [2.05, 4.69) is 34.6 Å². The maximum Gasteiger partial charge on any atom is 0.255 e. The average Bonchev–Trinajstić information content (AvgIpc) is 3.58. The largest absolute Gasteiger partial charge is 0.353 e. The minimum Gasteiger partial charge on any atom is -0.353 e. The number of benzene rings is 1. The summed E-state index contributed by atoms with van der Waals surface area (Å²) < 4.78 is 0. The number of nitrogens with one attached hydrogen (secondary N) is 1. The molecule has 0 spiro atoms. The number of pyridine rings is 1. The molecule has 2 fully saturated rings. The van der Waals surface area contributed by atoms with Crippen LogP contribution < -0.4 is 5.32 Å². The number of rotatable bonds is 7. The SMILES string of the molecule is O=C(CCc1ccc(CC2CCN(C(=O)c3cccnc3)CC2)cc1)NC1CC1. The van der Waals surface area contributed by atoms with Crippen LogP contribution in [0.1, 0.15) is 53.6 Å². The summed E-state index contributed by atoms with van der Waals surface area (Å²) in [6, 6.07) is 12.8. The Bertz CT molecular complexity index is 823. The quantitative estimate of drug-likeness (QED) is 0.787. The molecule has 2 amide bonds. The molecular weight excluding hydrogens is 362 g/mol. The highest BCUT2D eigenvalue weighted by atomic mass is 16.2. The second kappa shape index (κ2) is 9.21. The molecule has 1 saturated heterocycles. The molecule has 0 unspecified atom stereocenters. The van der Waals surface area contributed by atoms with Crippen molar-refractivity contribution < 1.29 is 9.59 Å². The van der Waals surface area contributed by atoms with Crippen LogP contribution in [0.4, 0.5) is 0 Å². The Morgan fingerprint density at radius 1 is 1.00 bits per heavy atom. The predicted octanol–water partition coefficient (Wildman–Crippen LogP) is 3.39. The number of likely N-dealkylation sites (tertiary alicyclic amines) is 1. The zero-order chi connectivity index (χ0) is 20.1. The van der Waals surface area contributed by atoms with Crippen LogP contribution in [0.15, 0.2) is 48.8 Å². The third-order valence-electron chi connectivity index (χ3n) is 5.94. The van der Waals surface area contributed by atoms with Crippen molar-refractivity contribution in [3.05, 3.63) is 65.5 Å². The van der Waals surface area contributed by atoms with Crippen molar-refractivity contribution in [2.24, 2.45) is 5.92 Å². The molecule has 1 saturated carbocycles.